The molecule has 146 valence electrons. The smallest absolute Gasteiger partial charge is 0.296 e. The van der Waals surface area contributed by atoms with Gasteiger partial charge in [-0.05, 0) is 42.2 Å². The van der Waals surface area contributed by atoms with E-state index in [9.17, 15) is 15.1 Å². The van der Waals surface area contributed by atoms with Gasteiger partial charge >= 0.3 is 0 Å². The minimum Gasteiger partial charge on any atom is -0.508 e. The van der Waals surface area contributed by atoms with Crippen molar-refractivity contribution >= 4 is 11.6 Å². The topological polar surface area (TPSA) is 104 Å². The van der Waals surface area contributed by atoms with E-state index < -0.39 is 0 Å². The Kier molecular flexibility index (Phi) is 5.04. The van der Waals surface area contributed by atoms with Crippen LogP contribution >= 0.6 is 0 Å². The van der Waals surface area contributed by atoms with Crippen molar-refractivity contribution in [3.63, 3.8) is 0 Å². The van der Waals surface area contributed by atoms with Crippen molar-refractivity contribution in [1.29, 1.82) is 0 Å². The molecule has 2 aromatic carbocycles. The third-order valence-corrected chi connectivity index (χ3v) is 4.67. The van der Waals surface area contributed by atoms with E-state index in [1.807, 2.05) is 58.0 Å². The normalized spacial score (nSPS) is 11.1. The number of nitroso groups, excluding NO2 is 1. The first-order valence-corrected chi connectivity index (χ1v) is 8.88. The predicted molar refractivity (Wildman–Crippen MR) is 109 cm³/mol. The summed E-state index contributed by atoms with van der Waals surface area (Å²) in [5.74, 6) is 0.0121. The van der Waals surface area contributed by atoms with Crippen molar-refractivity contribution in [1.82, 2.24) is 14.8 Å². The highest BCUT2D eigenvalue weighted by Crippen LogP contribution is 2.39. The number of hydrogen-bond donors (Lipinski definition) is 2. The van der Waals surface area contributed by atoms with E-state index in [0.29, 0.717) is 16.8 Å². The summed E-state index contributed by atoms with van der Waals surface area (Å²) in [5.41, 5.74) is 3.68. The molecule has 2 N–H and O–H groups in total. The Bertz CT molecular complexity index is 1040. The van der Waals surface area contributed by atoms with Crippen LogP contribution in [-0.4, -0.2) is 39.1 Å². The lowest BCUT2D eigenvalue weighted by molar-refractivity contribution is 0.444. The molecule has 0 spiro atoms. The molecular formula is C20H23N5O3. The highest BCUT2D eigenvalue weighted by atomic mass is 16.3. The molecule has 3 aromatic rings. The molecule has 0 radical (unpaired) electrons. The average molecular weight is 381 g/mol. The fourth-order valence-corrected chi connectivity index (χ4v) is 3.20. The number of phenols is 2. The van der Waals surface area contributed by atoms with Gasteiger partial charge in [0.15, 0.2) is 5.82 Å². The number of benzene rings is 2. The molecule has 0 amide bonds. The lowest BCUT2D eigenvalue weighted by Gasteiger charge is -2.18. The Hall–Kier alpha value is -3.42. The first-order chi connectivity index (χ1) is 13.2. The molecule has 3 rings (SSSR count). The molecule has 0 aliphatic carbocycles. The molecule has 28 heavy (non-hydrogen) atoms. The first-order valence-electron chi connectivity index (χ1n) is 8.88. The highest BCUT2D eigenvalue weighted by Gasteiger charge is 2.22. The zero-order valence-corrected chi connectivity index (χ0v) is 16.5. The summed E-state index contributed by atoms with van der Waals surface area (Å²) >= 11 is 0. The maximum Gasteiger partial charge on any atom is 0.296 e. The Morgan fingerprint density at radius 3 is 2.39 bits per heavy atom. The van der Waals surface area contributed by atoms with E-state index in [1.54, 1.807) is 6.07 Å². The van der Waals surface area contributed by atoms with Crippen LogP contribution in [0.5, 0.6) is 11.5 Å². The van der Waals surface area contributed by atoms with Crippen molar-refractivity contribution < 1.29 is 10.2 Å². The van der Waals surface area contributed by atoms with Crippen LogP contribution in [0.1, 0.15) is 30.9 Å². The summed E-state index contributed by atoms with van der Waals surface area (Å²) in [6, 6.07) is 8.60. The lowest BCUT2D eigenvalue weighted by atomic mass is 9.98. The summed E-state index contributed by atoms with van der Waals surface area (Å²) < 4.78 is 1.50. The van der Waals surface area contributed by atoms with Crippen LogP contribution in [0, 0.1) is 11.8 Å². The van der Waals surface area contributed by atoms with E-state index in [2.05, 4.69) is 15.4 Å². The molecule has 0 unspecified atom stereocenters. The minimum absolute atomic E-state index is 0.00119. The zero-order chi connectivity index (χ0) is 20.6. The molecule has 1 aromatic heterocycles. The number of aryl methyl sites for hydroxylation is 1. The van der Waals surface area contributed by atoms with Gasteiger partial charge in [-0.15, -0.1) is 15.1 Å². The van der Waals surface area contributed by atoms with Crippen LogP contribution < -0.4 is 4.90 Å². The maximum atomic E-state index is 11.4. The molecule has 0 saturated carbocycles. The van der Waals surface area contributed by atoms with E-state index in [1.165, 1.54) is 10.6 Å². The van der Waals surface area contributed by atoms with E-state index in [0.717, 1.165) is 11.3 Å². The number of aromatic nitrogens is 3. The number of phenolic OH excluding ortho intramolecular Hbond substituents is 2. The van der Waals surface area contributed by atoms with Gasteiger partial charge in [0.05, 0.1) is 11.3 Å². The van der Waals surface area contributed by atoms with Gasteiger partial charge in [0.2, 0.25) is 0 Å². The minimum atomic E-state index is -0.159. The summed E-state index contributed by atoms with van der Waals surface area (Å²) in [4.78, 5) is 13.3. The quantitative estimate of drug-likeness (QED) is 0.641. The summed E-state index contributed by atoms with van der Waals surface area (Å²) in [6.07, 6.45) is 0. The SMILES string of the molecule is Cc1ccc(-n2c(N=O)nnc2-c2cc(C(C)C)c(O)cc2O)cc1N(C)C. The van der Waals surface area contributed by atoms with Gasteiger partial charge in [-0.25, -0.2) is 0 Å². The van der Waals surface area contributed by atoms with Gasteiger partial charge in [0.1, 0.15) is 11.5 Å². The molecule has 0 saturated heterocycles. The average Bonchev–Trinajstić information content (AvgIpc) is 3.05. The van der Waals surface area contributed by atoms with Crippen molar-refractivity contribution in [2.24, 2.45) is 5.18 Å². The Morgan fingerprint density at radius 1 is 1.07 bits per heavy atom. The van der Waals surface area contributed by atoms with Crippen LogP contribution in [-0.2, 0) is 0 Å². The Morgan fingerprint density at radius 2 is 1.79 bits per heavy atom. The Labute approximate surface area is 163 Å². The summed E-state index contributed by atoms with van der Waals surface area (Å²) in [5, 5.41) is 31.5. The van der Waals surface area contributed by atoms with Gasteiger partial charge in [-0.3, -0.25) is 4.57 Å². The highest BCUT2D eigenvalue weighted by molar-refractivity contribution is 5.71. The van der Waals surface area contributed by atoms with Gasteiger partial charge in [-0.1, -0.05) is 19.9 Å². The third kappa shape index (κ3) is 3.28. The monoisotopic (exact) mass is 381 g/mol. The second-order valence-corrected chi connectivity index (χ2v) is 7.20. The number of aromatic hydroxyl groups is 2. The van der Waals surface area contributed by atoms with Crippen molar-refractivity contribution in [2.75, 3.05) is 19.0 Å². The second kappa shape index (κ2) is 7.30. The van der Waals surface area contributed by atoms with Crippen LogP contribution in [0.15, 0.2) is 35.5 Å². The molecule has 0 atom stereocenters. The largest absolute Gasteiger partial charge is 0.508 e. The molecule has 8 heteroatoms. The van der Waals surface area contributed by atoms with Crippen molar-refractivity contribution in [3.05, 3.63) is 46.4 Å². The molecule has 0 bridgehead atoms. The fourth-order valence-electron chi connectivity index (χ4n) is 3.20. The van der Waals surface area contributed by atoms with E-state index in [-0.39, 0.29) is 29.2 Å². The van der Waals surface area contributed by atoms with Gasteiger partial charge in [0.25, 0.3) is 5.95 Å². The van der Waals surface area contributed by atoms with Crippen molar-refractivity contribution in [2.45, 2.75) is 26.7 Å². The lowest BCUT2D eigenvalue weighted by Crippen LogP contribution is -2.11. The van der Waals surface area contributed by atoms with Gasteiger partial charge in [0, 0.05) is 31.0 Å². The predicted octanol–water partition coefficient (Wildman–Crippen LogP) is 4.24. The number of anilines is 1. The van der Waals surface area contributed by atoms with Crippen LogP contribution in [0.4, 0.5) is 11.6 Å². The Balaban J connectivity index is 2.28. The molecule has 8 nitrogen and oxygen atoms in total. The molecular weight excluding hydrogens is 358 g/mol. The molecule has 0 fully saturated rings. The van der Waals surface area contributed by atoms with Crippen LogP contribution in [0.2, 0.25) is 0 Å². The van der Waals surface area contributed by atoms with Gasteiger partial charge < -0.3 is 15.1 Å². The van der Waals surface area contributed by atoms with Gasteiger partial charge in [-0.2, -0.15) is 0 Å². The van der Waals surface area contributed by atoms with Crippen LogP contribution in [0.25, 0.3) is 17.1 Å². The van der Waals surface area contributed by atoms with Crippen molar-refractivity contribution in [3.8, 4) is 28.6 Å². The molecule has 0 aliphatic heterocycles. The fraction of sp³-hybridized carbons (Fsp3) is 0.300. The van der Waals surface area contributed by atoms with E-state index in [4.69, 9.17) is 0 Å². The number of rotatable bonds is 5. The second-order valence-electron chi connectivity index (χ2n) is 7.20. The third-order valence-electron chi connectivity index (χ3n) is 4.67. The molecule has 1 heterocycles. The summed E-state index contributed by atoms with van der Waals surface area (Å²) in [6.45, 7) is 5.86. The molecule has 0 aliphatic rings. The number of hydrogen-bond acceptors (Lipinski definition) is 7. The number of nitrogens with zero attached hydrogens (tertiary/aromatic N) is 5. The van der Waals surface area contributed by atoms with Crippen LogP contribution in [0.3, 0.4) is 0 Å². The zero-order valence-electron chi connectivity index (χ0n) is 16.5. The standard InChI is InChI=1S/C20H23N5O3/c1-11(2)14-9-15(18(27)10-17(14)26)19-21-22-20(23-28)25(19)13-7-6-12(3)16(8-13)24(4)5/h6-11,26-27H,1-5H3. The first kappa shape index (κ1) is 19.3. The maximum absolute atomic E-state index is 11.4. The summed E-state index contributed by atoms with van der Waals surface area (Å²) in [7, 11) is 3.86. The van der Waals surface area contributed by atoms with E-state index >= 15 is 0 Å².